The van der Waals surface area contributed by atoms with Crippen LogP contribution in [0.25, 0.3) is 0 Å². The molecular formula is C46H84N12O14. The Bertz CT molecular complexity index is 1840. The average molecular weight is 1030 g/mol. The van der Waals surface area contributed by atoms with Gasteiger partial charge in [0.05, 0.1) is 19.3 Å². The molecule has 72 heavy (non-hydrogen) atoms. The number of guanidine groups is 1. The maximum absolute atomic E-state index is 13.9. The number of rotatable bonds is 35. The average Bonchev–Trinajstić information content (AvgIpc) is 3.28. The zero-order valence-electron chi connectivity index (χ0n) is 43.4. The summed E-state index contributed by atoms with van der Waals surface area (Å²) >= 11 is 0. The first-order chi connectivity index (χ1) is 33.5. The van der Waals surface area contributed by atoms with Crippen LogP contribution in [0.15, 0.2) is 4.99 Å². The van der Waals surface area contributed by atoms with E-state index in [0.29, 0.717) is 6.42 Å². The molecule has 0 unspecified atom stereocenters. The van der Waals surface area contributed by atoms with Gasteiger partial charge in [0, 0.05) is 13.0 Å². The van der Waals surface area contributed by atoms with Gasteiger partial charge < -0.3 is 80.2 Å². The van der Waals surface area contributed by atoms with Gasteiger partial charge in [0.2, 0.25) is 47.3 Å². The number of aliphatic imine (C=N–C) groups is 1. The summed E-state index contributed by atoms with van der Waals surface area (Å²) in [5.41, 5.74) is 16.7. The third kappa shape index (κ3) is 25.3. The van der Waals surface area contributed by atoms with Crippen molar-refractivity contribution in [2.24, 2.45) is 51.8 Å². The molecule has 18 N–H and O–H groups in total. The van der Waals surface area contributed by atoms with Crippen LogP contribution in [-0.2, 0) is 47.9 Å². The van der Waals surface area contributed by atoms with E-state index in [9.17, 15) is 68.4 Å². The molecule has 0 saturated carbocycles. The predicted octanol–water partition coefficient (Wildman–Crippen LogP) is -2.98. The zero-order valence-corrected chi connectivity index (χ0v) is 43.4. The lowest BCUT2D eigenvalue weighted by atomic mass is 9.97. The number of carboxylic acids is 2. The minimum Gasteiger partial charge on any atom is -0.481 e. The number of carbonyl (C=O) groups is 10. The highest BCUT2D eigenvalue weighted by Gasteiger charge is 2.37. The minimum atomic E-state index is -1.76. The molecule has 0 aliphatic carbocycles. The SMILES string of the molecule is CC[C@H](C)[C@H](NC(=O)[C@H](CCC(=O)O)NC(=O)[C@H](CO)NC(=O)[C@H](CC(C)C)NC(=O)[C@H](CC(C)C)NC(=O)[C@@H](N)CCCN=C(N)N)C(=O)N[C@@H](CO)C(=O)N[C@@H](CC(C)C)C(=O)N[C@H](C(=O)O)C(C)C. The van der Waals surface area contributed by atoms with Crippen molar-refractivity contribution in [1.82, 2.24) is 42.5 Å². The molecule has 0 bridgehead atoms. The summed E-state index contributed by atoms with van der Waals surface area (Å²) in [5.74, 6) is -11.8. The lowest BCUT2D eigenvalue weighted by Gasteiger charge is -2.29. The van der Waals surface area contributed by atoms with Crippen molar-refractivity contribution in [2.45, 2.75) is 175 Å². The van der Waals surface area contributed by atoms with Crippen molar-refractivity contribution >= 4 is 65.2 Å². The number of carboxylic acid groups (broad SMARTS) is 2. The quantitative estimate of drug-likeness (QED) is 0.0171. The Hall–Kier alpha value is -6.15. The number of hydrogen-bond donors (Lipinski definition) is 15. The van der Waals surface area contributed by atoms with Crippen LogP contribution in [0.4, 0.5) is 0 Å². The van der Waals surface area contributed by atoms with Crippen LogP contribution in [0, 0.1) is 29.6 Å². The van der Waals surface area contributed by atoms with Gasteiger partial charge in [0.15, 0.2) is 5.96 Å². The summed E-state index contributed by atoms with van der Waals surface area (Å²) in [6.07, 6.45) is -0.138. The van der Waals surface area contributed by atoms with Gasteiger partial charge in [-0.2, -0.15) is 0 Å². The Balaban J connectivity index is 6.40. The van der Waals surface area contributed by atoms with E-state index in [1.165, 1.54) is 0 Å². The van der Waals surface area contributed by atoms with Crippen molar-refractivity contribution in [1.29, 1.82) is 0 Å². The fourth-order valence-corrected chi connectivity index (χ4v) is 7.04. The van der Waals surface area contributed by atoms with Crippen LogP contribution < -0.4 is 59.7 Å². The van der Waals surface area contributed by atoms with Gasteiger partial charge in [-0.15, -0.1) is 0 Å². The van der Waals surface area contributed by atoms with Crippen LogP contribution in [-0.4, -0.2) is 160 Å². The van der Waals surface area contributed by atoms with Gasteiger partial charge in [-0.3, -0.25) is 48.1 Å². The van der Waals surface area contributed by atoms with Crippen LogP contribution in [0.3, 0.4) is 0 Å². The molecular weight excluding hydrogens is 945 g/mol. The zero-order chi connectivity index (χ0) is 55.6. The Morgan fingerprint density at radius 3 is 1.22 bits per heavy atom. The Kier molecular flexibility index (Phi) is 30.6. The van der Waals surface area contributed by atoms with Gasteiger partial charge >= 0.3 is 11.9 Å². The molecule has 26 heteroatoms. The van der Waals surface area contributed by atoms with Crippen molar-refractivity contribution < 1.29 is 68.4 Å². The van der Waals surface area contributed by atoms with E-state index in [1.54, 1.807) is 55.4 Å². The van der Waals surface area contributed by atoms with E-state index in [4.69, 9.17) is 17.2 Å². The number of aliphatic carboxylic acids is 2. The smallest absolute Gasteiger partial charge is 0.326 e. The van der Waals surface area contributed by atoms with Crippen molar-refractivity contribution in [3.8, 4) is 0 Å². The van der Waals surface area contributed by atoms with E-state index in [2.05, 4.69) is 47.5 Å². The first kappa shape index (κ1) is 65.8. The molecule has 10 atom stereocenters. The van der Waals surface area contributed by atoms with Crippen LogP contribution in [0.1, 0.15) is 121 Å². The number of hydrogen-bond acceptors (Lipinski definition) is 14. The standard InChI is InChI=1S/C46H84N12O14/c1-11-26(10)36(44(70)56-33(21-60)43(69)54-31(19-24(6)7)41(67)57-35(25(8)9)45(71)72)58-38(64)28(14-15-34(61)62)51-42(68)32(20-59)55-40(66)30(18-23(4)5)53-39(65)29(17-22(2)3)52-37(63)27(47)13-12-16-50-46(48)49/h22-33,35-36,59-60H,11-21,47H2,1-10H3,(H,51,68)(H,52,63)(H,53,65)(H,54,69)(H,55,66)(H,56,70)(H,57,67)(H,58,64)(H,61,62)(H,71,72)(H4,48,49,50)/t26-,27-,28-,29-,30-,31-,32-,33-,35-,36-/m0/s1. The molecule has 0 saturated heterocycles. The summed E-state index contributed by atoms with van der Waals surface area (Å²) in [5, 5.41) is 59.2. The molecule has 0 fully saturated rings. The number of carbonyl (C=O) groups excluding carboxylic acids is 8. The number of aliphatic hydroxyl groups excluding tert-OH is 2. The topological polar surface area (TPSA) is 438 Å². The lowest BCUT2D eigenvalue weighted by molar-refractivity contribution is -0.143. The highest BCUT2D eigenvalue weighted by molar-refractivity contribution is 5.98. The predicted molar refractivity (Wildman–Crippen MR) is 265 cm³/mol. The number of nitrogens with two attached hydrogens (primary N) is 3. The highest BCUT2D eigenvalue weighted by atomic mass is 16.4. The maximum atomic E-state index is 13.9. The van der Waals surface area contributed by atoms with Crippen LogP contribution in [0.5, 0.6) is 0 Å². The second kappa shape index (κ2) is 33.5. The Labute approximate surface area is 421 Å². The lowest BCUT2D eigenvalue weighted by Crippen LogP contribution is -2.62. The maximum Gasteiger partial charge on any atom is 0.326 e. The molecule has 0 spiro atoms. The molecule has 0 heterocycles. The number of nitrogens with zero attached hydrogens (tertiary/aromatic N) is 1. The number of aliphatic hydroxyl groups is 2. The van der Waals surface area contributed by atoms with Gasteiger partial charge in [0.25, 0.3) is 0 Å². The first-order valence-electron chi connectivity index (χ1n) is 24.4. The third-order valence-corrected chi connectivity index (χ3v) is 11.3. The highest BCUT2D eigenvalue weighted by Crippen LogP contribution is 2.14. The second-order valence-corrected chi connectivity index (χ2v) is 19.5. The largest absolute Gasteiger partial charge is 0.481 e. The third-order valence-electron chi connectivity index (χ3n) is 11.3. The number of nitrogens with one attached hydrogen (secondary N) is 8. The minimum absolute atomic E-state index is 0.0326. The summed E-state index contributed by atoms with van der Waals surface area (Å²) in [6, 6.07) is -12.6. The van der Waals surface area contributed by atoms with E-state index in [0.717, 1.165) is 0 Å². The molecule has 0 aromatic rings. The normalized spacial score (nSPS) is 15.5. The molecule has 0 aliphatic heterocycles. The van der Waals surface area contributed by atoms with Gasteiger partial charge in [-0.25, -0.2) is 4.79 Å². The van der Waals surface area contributed by atoms with Gasteiger partial charge in [-0.1, -0.05) is 75.7 Å². The fraction of sp³-hybridized carbons (Fsp3) is 0.761. The molecule has 412 valence electrons. The molecule has 0 rings (SSSR count). The summed E-state index contributed by atoms with van der Waals surface area (Å²) in [7, 11) is 0. The van der Waals surface area contributed by atoms with Gasteiger partial charge in [-0.05, 0) is 68.1 Å². The van der Waals surface area contributed by atoms with Gasteiger partial charge in [0.1, 0.15) is 48.3 Å². The Morgan fingerprint density at radius 2 is 0.847 bits per heavy atom. The molecule has 0 aliphatic rings. The first-order valence-corrected chi connectivity index (χ1v) is 24.4. The van der Waals surface area contributed by atoms with E-state index < -0.39 is 151 Å². The summed E-state index contributed by atoms with van der Waals surface area (Å²) in [6.45, 7) is 15.3. The second-order valence-electron chi connectivity index (χ2n) is 19.5. The number of amides is 8. The van der Waals surface area contributed by atoms with Crippen molar-refractivity contribution in [3.05, 3.63) is 0 Å². The molecule has 0 aromatic heterocycles. The molecule has 0 aromatic carbocycles. The van der Waals surface area contributed by atoms with Crippen molar-refractivity contribution in [2.75, 3.05) is 19.8 Å². The summed E-state index contributed by atoms with van der Waals surface area (Å²) in [4.78, 5) is 136. The summed E-state index contributed by atoms with van der Waals surface area (Å²) < 4.78 is 0. The Morgan fingerprint density at radius 1 is 0.486 bits per heavy atom. The van der Waals surface area contributed by atoms with E-state index in [1.807, 2.05) is 13.8 Å². The van der Waals surface area contributed by atoms with E-state index >= 15 is 0 Å². The fourth-order valence-electron chi connectivity index (χ4n) is 7.04. The molecule has 26 nitrogen and oxygen atoms in total. The van der Waals surface area contributed by atoms with Crippen LogP contribution >= 0.6 is 0 Å². The molecule has 0 radical (unpaired) electrons. The molecule has 8 amide bonds. The van der Waals surface area contributed by atoms with Crippen LogP contribution in [0.2, 0.25) is 0 Å². The monoisotopic (exact) mass is 1030 g/mol. The van der Waals surface area contributed by atoms with Crippen molar-refractivity contribution in [3.63, 3.8) is 0 Å². The van der Waals surface area contributed by atoms with E-state index in [-0.39, 0.29) is 62.4 Å².